The second-order valence-electron chi connectivity index (χ2n) is 7.29. The van der Waals surface area contributed by atoms with Crippen molar-refractivity contribution in [2.45, 2.75) is 42.9 Å². The standard InChI is InChI=1S/C18H23F3N2O6S/c19-18(20,21)29-15-3-1-13(2-4-15)28-14-5-11-23(12-6-14)30(26,27)17(16(24)25)7-9-22-10-8-17/h1-4,14,22H,5-12H2,(H,24,25). The van der Waals surface area contributed by atoms with Gasteiger partial charge in [-0.2, -0.15) is 0 Å². The Balaban J connectivity index is 1.60. The summed E-state index contributed by atoms with van der Waals surface area (Å²) in [7, 11) is -4.05. The van der Waals surface area contributed by atoms with Crippen LogP contribution in [0.5, 0.6) is 11.5 Å². The summed E-state index contributed by atoms with van der Waals surface area (Å²) in [6.07, 6.45) is -4.41. The first-order valence-electron chi connectivity index (χ1n) is 9.50. The fraction of sp³-hybridized carbons (Fsp3) is 0.611. The highest BCUT2D eigenvalue weighted by Gasteiger charge is 2.54. The molecule has 30 heavy (non-hydrogen) atoms. The van der Waals surface area contributed by atoms with Gasteiger partial charge in [-0.25, -0.2) is 12.7 Å². The van der Waals surface area contributed by atoms with Crippen LogP contribution in [0.25, 0.3) is 0 Å². The minimum absolute atomic E-state index is 0.00738. The molecule has 2 aliphatic heterocycles. The largest absolute Gasteiger partial charge is 0.573 e. The molecule has 0 unspecified atom stereocenters. The monoisotopic (exact) mass is 452 g/mol. The molecule has 0 aromatic heterocycles. The van der Waals surface area contributed by atoms with E-state index in [0.717, 1.165) is 12.1 Å². The number of nitrogens with zero attached hydrogens (tertiary/aromatic N) is 1. The Morgan fingerprint density at radius 3 is 2.13 bits per heavy atom. The molecule has 2 saturated heterocycles. The number of carboxylic acid groups (broad SMARTS) is 1. The van der Waals surface area contributed by atoms with Crippen LogP contribution in [0.4, 0.5) is 13.2 Å². The van der Waals surface area contributed by atoms with E-state index in [-0.39, 0.29) is 37.8 Å². The molecule has 0 aliphatic carbocycles. The molecular weight excluding hydrogens is 429 g/mol. The highest BCUT2D eigenvalue weighted by Crippen LogP contribution is 2.34. The van der Waals surface area contributed by atoms with E-state index in [1.165, 1.54) is 16.4 Å². The topological polar surface area (TPSA) is 105 Å². The summed E-state index contributed by atoms with van der Waals surface area (Å²) in [5, 5.41) is 12.6. The van der Waals surface area contributed by atoms with Gasteiger partial charge in [-0.15, -0.1) is 13.2 Å². The number of halogens is 3. The minimum atomic E-state index is -4.78. The van der Waals surface area contributed by atoms with Crippen molar-refractivity contribution in [2.75, 3.05) is 26.2 Å². The van der Waals surface area contributed by atoms with Gasteiger partial charge in [0, 0.05) is 13.1 Å². The summed E-state index contributed by atoms with van der Waals surface area (Å²) in [5.41, 5.74) is 0. The molecule has 0 amide bonds. The number of hydrogen-bond acceptors (Lipinski definition) is 6. The number of alkyl halides is 3. The fourth-order valence-electron chi connectivity index (χ4n) is 3.76. The molecule has 8 nitrogen and oxygen atoms in total. The fourth-order valence-corrected chi connectivity index (χ4v) is 5.89. The number of aliphatic carboxylic acids is 1. The number of carbonyl (C=O) groups is 1. The predicted molar refractivity (Wildman–Crippen MR) is 99.7 cm³/mol. The predicted octanol–water partition coefficient (Wildman–Crippen LogP) is 1.97. The normalized spacial score (nSPS) is 21.2. The highest BCUT2D eigenvalue weighted by molar-refractivity contribution is 7.91. The summed E-state index contributed by atoms with van der Waals surface area (Å²) >= 11 is 0. The van der Waals surface area contributed by atoms with Crippen molar-refractivity contribution in [1.29, 1.82) is 0 Å². The lowest BCUT2D eigenvalue weighted by atomic mass is 9.97. The van der Waals surface area contributed by atoms with Gasteiger partial charge in [-0.3, -0.25) is 4.79 Å². The van der Waals surface area contributed by atoms with E-state index >= 15 is 0 Å². The molecule has 0 atom stereocenters. The summed E-state index contributed by atoms with van der Waals surface area (Å²) in [6.45, 7) is 0.869. The SMILES string of the molecule is O=C(O)C1(S(=O)(=O)N2CCC(Oc3ccc(OC(F)(F)F)cc3)CC2)CCNCC1. The lowest BCUT2D eigenvalue weighted by Crippen LogP contribution is -2.59. The summed E-state index contributed by atoms with van der Waals surface area (Å²) in [4.78, 5) is 11.8. The molecule has 0 bridgehead atoms. The Morgan fingerprint density at radius 2 is 1.63 bits per heavy atom. The zero-order valence-corrected chi connectivity index (χ0v) is 16.8. The number of nitrogens with one attached hydrogen (secondary N) is 1. The van der Waals surface area contributed by atoms with Crippen molar-refractivity contribution < 1.29 is 41.0 Å². The third kappa shape index (κ3) is 4.81. The summed E-state index contributed by atoms with van der Waals surface area (Å²) < 4.78 is 71.8. The van der Waals surface area contributed by atoms with Gasteiger partial charge in [-0.1, -0.05) is 0 Å². The van der Waals surface area contributed by atoms with Crippen molar-refractivity contribution in [1.82, 2.24) is 9.62 Å². The number of ether oxygens (including phenoxy) is 2. The van der Waals surface area contributed by atoms with E-state index in [2.05, 4.69) is 10.1 Å². The van der Waals surface area contributed by atoms with Crippen molar-refractivity contribution in [3.05, 3.63) is 24.3 Å². The Hall–Kier alpha value is -2.05. The van der Waals surface area contributed by atoms with E-state index in [9.17, 15) is 31.5 Å². The molecule has 0 saturated carbocycles. The van der Waals surface area contributed by atoms with E-state index in [0.29, 0.717) is 31.7 Å². The van der Waals surface area contributed by atoms with Crippen LogP contribution in [0.3, 0.4) is 0 Å². The molecule has 1 aromatic carbocycles. The van der Waals surface area contributed by atoms with Crippen molar-refractivity contribution in [3.8, 4) is 11.5 Å². The zero-order chi connectivity index (χ0) is 22.0. The molecule has 12 heteroatoms. The molecule has 2 heterocycles. The van der Waals surface area contributed by atoms with Crippen LogP contribution in [-0.2, 0) is 14.8 Å². The van der Waals surface area contributed by atoms with Crippen molar-refractivity contribution in [3.63, 3.8) is 0 Å². The maximum absolute atomic E-state index is 13.1. The van der Waals surface area contributed by atoms with Gasteiger partial charge >= 0.3 is 12.3 Å². The molecule has 168 valence electrons. The van der Waals surface area contributed by atoms with Gasteiger partial charge in [0.15, 0.2) is 4.75 Å². The number of sulfonamides is 1. The molecule has 2 N–H and O–H groups in total. The lowest BCUT2D eigenvalue weighted by molar-refractivity contribution is -0.274. The molecule has 0 radical (unpaired) electrons. The number of piperidine rings is 2. The van der Waals surface area contributed by atoms with E-state index in [1.807, 2.05) is 0 Å². The van der Waals surface area contributed by atoms with Gasteiger partial charge < -0.3 is 19.9 Å². The van der Waals surface area contributed by atoms with Crippen LogP contribution in [-0.4, -0.2) is 67.2 Å². The Morgan fingerprint density at radius 1 is 1.10 bits per heavy atom. The van der Waals surface area contributed by atoms with Crippen LogP contribution in [0, 0.1) is 0 Å². The first-order valence-corrected chi connectivity index (χ1v) is 10.9. The first kappa shape index (κ1) is 22.6. The Kier molecular flexibility index (Phi) is 6.48. The molecule has 2 fully saturated rings. The minimum Gasteiger partial charge on any atom is -0.490 e. The molecular formula is C18H23F3N2O6S. The average Bonchev–Trinajstić information content (AvgIpc) is 2.69. The molecule has 0 spiro atoms. The van der Waals surface area contributed by atoms with Gasteiger partial charge in [0.25, 0.3) is 0 Å². The van der Waals surface area contributed by atoms with E-state index < -0.39 is 27.1 Å². The Bertz CT molecular complexity index is 846. The molecule has 1 aromatic rings. The van der Waals surface area contributed by atoms with Gasteiger partial charge in [0.05, 0.1) is 0 Å². The van der Waals surface area contributed by atoms with Gasteiger partial charge in [0.2, 0.25) is 10.0 Å². The maximum atomic E-state index is 13.1. The quantitative estimate of drug-likeness (QED) is 0.680. The zero-order valence-electron chi connectivity index (χ0n) is 16.0. The number of rotatable bonds is 6. The average molecular weight is 452 g/mol. The lowest BCUT2D eigenvalue weighted by Gasteiger charge is -2.39. The van der Waals surface area contributed by atoms with Crippen molar-refractivity contribution >= 4 is 16.0 Å². The van der Waals surface area contributed by atoms with E-state index in [1.54, 1.807) is 0 Å². The number of carboxylic acids is 1. The summed E-state index contributed by atoms with van der Waals surface area (Å²) in [5.74, 6) is -1.36. The van der Waals surface area contributed by atoms with Crippen LogP contribution in [0.2, 0.25) is 0 Å². The Labute approximate surface area is 172 Å². The smallest absolute Gasteiger partial charge is 0.490 e. The molecule has 3 rings (SSSR count). The number of hydrogen-bond donors (Lipinski definition) is 2. The van der Waals surface area contributed by atoms with Crippen LogP contribution in [0.15, 0.2) is 24.3 Å². The van der Waals surface area contributed by atoms with Gasteiger partial charge in [-0.05, 0) is 63.0 Å². The molecule has 2 aliphatic rings. The van der Waals surface area contributed by atoms with Crippen LogP contribution >= 0.6 is 0 Å². The van der Waals surface area contributed by atoms with Crippen LogP contribution < -0.4 is 14.8 Å². The van der Waals surface area contributed by atoms with Crippen LogP contribution in [0.1, 0.15) is 25.7 Å². The second-order valence-corrected chi connectivity index (χ2v) is 9.54. The third-order valence-corrected chi connectivity index (χ3v) is 8.01. The first-order chi connectivity index (χ1) is 14.0. The van der Waals surface area contributed by atoms with Crippen molar-refractivity contribution in [2.24, 2.45) is 0 Å². The maximum Gasteiger partial charge on any atom is 0.573 e. The second kappa shape index (κ2) is 8.60. The van der Waals surface area contributed by atoms with Gasteiger partial charge in [0.1, 0.15) is 17.6 Å². The van der Waals surface area contributed by atoms with E-state index in [4.69, 9.17) is 4.74 Å². The highest BCUT2D eigenvalue weighted by atomic mass is 32.2. The number of benzene rings is 1. The summed E-state index contributed by atoms with van der Waals surface area (Å²) in [6, 6.07) is 4.96. The third-order valence-electron chi connectivity index (χ3n) is 5.40.